The minimum Gasteiger partial charge on any atom is -0.493 e. The van der Waals surface area contributed by atoms with Gasteiger partial charge in [0.2, 0.25) is 5.91 Å². The highest BCUT2D eigenvalue weighted by molar-refractivity contribution is 6.13. The van der Waals surface area contributed by atoms with Crippen molar-refractivity contribution in [2.24, 2.45) is 11.8 Å². The largest absolute Gasteiger partial charge is 0.493 e. The molecule has 2 aliphatic rings. The van der Waals surface area contributed by atoms with Gasteiger partial charge in [0.25, 0.3) is 5.91 Å². The molecule has 3 aromatic rings. The molecule has 1 aliphatic heterocycles. The summed E-state index contributed by atoms with van der Waals surface area (Å²) in [4.78, 5) is 29.6. The monoisotopic (exact) mass is 479 g/mol. The van der Waals surface area contributed by atoms with Gasteiger partial charge >= 0.3 is 0 Å². The lowest BCUT2D eigenvalue weighted by Gasteiger charge is -2.45. The Hall–Kier alpha value is -3.42. The van der Waals surface area contributed by atoms with Crippen LogP contribution in [0, 0.1) is 11.8 Å². The molecule has 1 aliphatic carbocycles. The van der Waals surface area contributed by atoms with Crippen LogP contribution in [0.25, 0.3) is 11.1 Å². The van der Waals surface area contributed by atoms with Crippen LogP contribution in [0.5, 0.6) is 11.5 Å². The normalized spacial score (nSPS) is 26.5. The first-order chi connectivity index (χ1) is 16.8. The minimum atomic E-state index is -1.17. The van der Waals surface area contributed by atoms with Gasteiger partial charge in [-0.3, -0.25) is 14.5 Å². The Labute approximate surface area is 205 Å². The predicted molar refractivity (Wildman–Crippen MR) is 133 cm³/mol. The van der Waals surface area contributed by atoms with Crippen molar-refractivity contribution in [3.63, 3.8) is 0 Å². The molecule has 0 spiro atoms. The molecule has 0 radical (unpaired) electrons. The first kappa shape index (κ1) is 23.3. The number of nitrogens with one attached hydrogen (secondary N) is 1. The average Bonchev–Trinajstić information content (AvgIpc) is 3.44. The van der Waals surface area contributed by atoms with Crippen LogP contribution in [0.4, 0.5) is 5.69 Å². The van der Waals surface area contributed by atoms with Gasteiger partial charge in [-0.25, -0.2) is 0 Å². The fraction of sp³-hybridized carbons (Fsp3) is 0.481. The maximum absolute atomic E-state index is 14.1. The molecule has 2 amide bonds. The zero-order valence-electron chi connectivity index (χ0n) is 21.0. The Morgan fingerprint density at radius 1 is 1.11 bits per heavy atom. The Morgan fingerprint density at radius 2 is 1.89 bits per heavy atom. The summed E-state index contributed by atoms with van der Waals surface area (Å²) in [5, 5.41) is 3.32. The van der Waals surface area contributed by atoms with Crippen LogP contribution in [-0.4, -0.2) is 42.2 Å². The molecule has 35 heavy (non-hydrogen) atoms. The van der Waals surface area contributed by atoms with Crippen molar-refractivity contribution in [2.45, 2.75) is 58.2 Å². The number of nitrogens with zero attached hydrogens (tertiary/aromatic N) is 2. The second kappa shape index (κ2) is 8.66. The number of furan rings is 1. The van der Waals surface area contributed by atoms with Gasteiger partial charge in [-0.1, -0.05) is 26.7 Å². The summed E-state index contributed by atoms with van der Waals surface area (Å²) < 4.78 is 18.4. The van der Waals surface area contributed by atoms with Gasteiger partial charge < -0.3 is 23.8 Å². The first-order valence-corrected chi connectivity index (χ1v) is 12.2. The molecule has 0 saturated heterocycles. The quantitative estimate of drug-likeness (QED) is 0.578. The molecular formula is C27H33N3O5. The van der Waals surface area contributed by atoms with Gasteiger partial charge in [0.1, 0.15) is 11.2 Å². The molecule has 1 N–H and O–H groups in total. The summed E-state index contributed by atoms with van der Waals surface area (Å²) >= 11 is 0. The van der Waals surface area contributed by atoms with Crippen molar-refractivity contribution < 1.29 is 23.5 Å². The number of amides is 2. The van der Waals surface area contributed by atoms with Crippen molar-refractivity contribution in [1.29, 1.82) is 0 Å². The SMILES string of the molecule is COc1ccc(N2C(=O)c3cc4occc4n3C[C@]2(C)C(=O)N[C@@H]2CCC[C@@H](C)[C@@H]2C)cc1OC. The van der Waals surface area contributed by atoms with E-state index in [1.807, 2.05) is 17.6 Å². The van der Waals surface area contributed by atoms with Crippen LogP contribution in [0.3, 0.4) is 0 Å². The lowest BCUT2D eigenvalue weighted by Crippen LogP contribution is -2.66. The standard InChI is InChI=1S/C27H33N3O5/c1-16-7-6-8-19(17(16)2)28-26(32)27(3)15-29-20-11-12-35-23(20)14-21(29)25(31)30(27)18-9-10-22(33-4)24(13-18)34-5/h9-14,16-17,19H,6-8,15H2,1-5H3,(H,28,32)/t16-,17+,19-,27-/m1/s1. The van der Waals surface area contributed by atoms with E-state index in [0.29, 0.717) is 46.8 Å². The van der Waals surface area contributed by atoms with E-state index in [-0.39, 0.29) is 17.9 Å². The Morgan fingerprint density at radius 3 is 2.63 bits per heavy atom. The summed E-state index contributed by atoms with van der Waals surface area (Å²) in [7, 11) is 3.12. The molecular weight excluding hydrogens is 446 g/mol. The van der Waals surface area contributed by atoms with Crippen LogP contribution in [-0.2, 0) is 11.3 Å². The number of carbonyl (C=O) groups excluding carboxylic acids is 2. The van der Waals surface area contributed by atoms with E-state index in [4.69, 9.17) is 13.9 Å². The average molecular weight is 480 g/mol. The molecule has 0 unspecified atom stereocenters. The molecule has 5 rings (SSSR count). The second-order valence-electron chi connectivity index (χ2n) is 10.1. The fourth-order valence-electron chi connectivity index (χ4n) is 5.69. The second-order valence-corrected chi connectivity index (χ2v) is 10.1. The summed E-state index contributed by atoms with van der Waals surface area (Å²) in [6, 6.07) is 8.94. The van der Waals surface area contributed by atoms with Crippen molar-refractivity contribution in [1.82, 2.24) is 9.88 Å². The third kappa shape index (κ3) is 3.66. The molecule has 8 nitrogen and oxygen atoms in total. The van der Waals surface area contributed by atoms with Crippen LogP contribution in [0.1, 0.15) is 50.5 Å². The molecule has 0 bridgehead atoms. The maximum Gasteiger partial charge on any atom is 0.276 e. The van der Waals surface area contributed by atoms with E-state index >= 15 is 0 Å². The highest BCUT2D eigenvalue weighted by Crippen LogP contribution is 2.40. The lowest BCUT2D eigenvalue weighted by atomic mass is 9.77. The minimum absolute atomic E-state index is 0.0745. The Bertz CT molecular complexity index is 1280. The van der Waals surface area contributed by atoms with Crippen LogP contribution >= 0.6 is 0 Å². The number of hydrogen-bond acceptors (Lipinski definition) is 5. The van der Waals surface area contributed by atoms with Gasteiger partial charge in [-0.15, -0.1) is 0 Å². The topological polar surface area (TPSA) is 85.9 Å². The molecule has 1 fully saturated rings. The number of aromatic nitrogens is 1. The number of fused-ring (bicyclic) bond motifs is 3. The van der Waals surface area contributed by atoms with Crippen molar-refractivity contribution in [2.75, 3.05) is 19.1 Å². The zero-order chi connectivity index (χ0) is 24.9. The number of benzene rings is 1. The molecule has 3 heterocycles. The number of ether oxygens (including phenoxy) is 2. The van der Waals surface area contributed by atoms with Crippen molar-refractivity contribution in [3.8, 4) is 11.5 Å². The van der Waals surface area contributed by atoms with E-state index in [9.17, 15) is 9.59 Å². The molecule has 4 atom stereocenters. The van der Waals surface area contributed by atoms with Gasteiger partial charge in [-0.05, 0) is 37.3 Å². The number of carbonyl (C=O) groups is 2. The maximum atomic E-state index is 14.1. The zero-order valence-corrected chi connectivity index (χ0v) is 21.0. The molecule has 1 saturated carbocycles. The van der Waals surface area contributed by atoms with E-state index in [1.54, 1.807) is 49.6 Å². The van der Waals surface area contributed by atoms with E-state index in [1.165, 1.54) is 6.42 Å². The number of hydrogen-bond donors (Lipinski definition) is 1. The summed E-state index contributed by atoms with van der Waals surface area (Å²) in [6.45, 7) is 6.58. The van der Waals surface area contributed by atoms with E-state index in [0.717, 1.165) is 18.4 Å². The van der Waals surface area contributed by atoms with Crippen LogP contribution in [0.15, 0.2) is 41.0 Å². The van der Waals surface area contributed by atoms with E-state index < -0.39 is 5.54 Å². The molecule has 1 aromatic carbocycles. The van der Waals surface area contributed by atoms with Gasteiger partial charge in [-0.2, -0.15) is 0 Å². The summed E-state index contributed by atoms with van der Waals surface area (Å²) in [5.74, 6) is 1.52. The predicted octanol–water partition coefficient (Wildman–Crippen LogP) is 4.61. The van der Waals surface area contributed by atoms with Crippen LogP contribution in [0.2, 0.25) is 0 Å². The van der Waals surface area contributed by atoms with E-state index in [2.05, 4.69) is 19.2 Å². The lowest BCUT2D eigenvalue weighted by molar-refractivity contribution is -0.128. The summed E-state index contributed by atoms with van der Waals surface area (Å²) in [5.41, 5.74) is 1.31. The van der Waals surface area contributed by atoms with Crippen molar-refractivity contribution in [3.05, 3.63) is 42.3 Å². The highest BCUT2D eigenvalue weighted by Gasteiger charge is 2.50. The number of methoxy groups -OCH3 is 2. The number of anilines is 1. The summed E-state index contributed by atoms with van der Waals surface area (Å²) in [6.07, 6.45) is 4.80. The molecule has 2 aromatic heterocycles. The Kier molecular flexibility index (Phi) is 5.77. The smallest absolute Gasteiger partial charge is 0.276 e. The van der Waals surface area contributed by atoms with Gasteiger partial charge in [0, 0.05) is 29.9 Å². The third-order valence-electron chi connectivity index (χ3n) is 8.04. The van der Waals surface area contributed by atoms with Crippen molar-refractivity contribution >= 4 is 28.6 Å². The van der Waals surface area contributed by atoms with Crippen LogP contribution < -0.4 is 19.7 Å². The molecule has 186 valence electrons. The third-order valence-corrected chi connectivity index (χ3v) is 8.04. The Balaban J connectivity index is 1.60. The molecule has 8 heteroatoms. The van der Waals surface area contributed by atoms with Gasteiger partial charge in [0.15, 0.2) is 17.1 Å². The first-order valence-electron chi connectivity index (χ1n) is 12.2. The fourth-order valence-corrected chi connectivity index (χ4v) is 5.69. The number of rotatable bonds is 5. The highest BCUT2D eigenvalue weighted by atomic mass is 16.5. The van der Waals surface area contributed by atoms with Gasteiger partial charge in [0.05, 0.1) is 32.5 Å².